The maximum Gasteiger partial charge on any atom is 0.363 e. The van der Waals surface area contributed by atoms with Crippen LogP contribution >= 0.6 is 47.8 Å². The molecule has 0 bridgehead atoms. The van der Waals surface area contributed by atoms with Gasteiger partial charge in [0.05, 0.1) is 10.0 Å². The topological polar surface area (TPSA) is 65.0 Å². The highest BCUT2D eigenvalue weighted by Gasteiger charge is 2.25. The molecule has 0 spiro atoms. The Bertz CT molecular complexity index is 1240. The van der Waals surface area contributed by atoms with Crippen molar-refractivity contribution >= 4 is 71.7 Å². The van der Waals surface area contributed by atoms with Crippen molar-refractivity contribution in [3.8, 4) is 5.75 Å². The molecule has 4 rings (SSSR count). The molecule has 1 aliphatic heterocycles. The second-order valence-electron chi connectivity index (χ2n) is 6.40. The zero-order valence-corrected chi connectivity index (χ0v) is 20.4. The van der Waals surface area contributed by atoms with Crippen molar-refractivity contribution in [2.45, 2.75) is 0 Å². The number of rotatable bonds is 4. The Labute approximate surface area is 203 Å². The minimum Gasteiger partial charge on any atom is -0.421 e. The number of benzene rings is 3. The van der Waals surface area contributed by atoms with Gasteiger partial charge in [0.15, 0.2) is 11.4 Å². The van der Waals surface area contributed by atoms with Gasteiger partial charge in [-0.1, -0.05) is 50.1 Å². The molecule has 5 nitrogen and oxygen atoms in total. The van der Waals surface area contributed by atoms with Crippen LogP contribution in [-0.4, -0.2) is 17.8 Å². The van der Waals surface area contributed by atoms with Crippen LogP contribution in [0.3, 0.4) is 0 Å². The Hall–Kier alpha value is -2.55. The molecule has 0 unspecified atom stereocenters. The molecule has 0 N–H and O–H groups in total. The summed E-state index contributed by atoms with van der Waals surface area (Å²) in [6.07, 6.45) is 1.53. The Balaban J connectivity index is 1.70. The van der Waals surface area contributed by atoms with Gasteiger partial charge in [-0.05, 0) is 70.5 Å². The lowest BCUT2D eigenvalue weighted by Crippen LogP contribution is -2.10. The predicted molar refractivity (Wildman–Crippen MR) is 128 cm³/mol. The zero-order valence-electron chi connectivity index (χ0n) is 15.6. The van der Waals surface area contributed by atoms with Crippen molar-refractivity contribution in [2.75, 3.05) is 0 Å². The maximum absolute atomic E-state index is 12.6. The zero-order chi connectivity index (χ0) is 22.0. The van der Waals surface area contributed by atoms with E-state index < -0.39 is 11.9 Å². The van der Waals surface area contributed by atoms with Gasteiger partial charge in [0.1, 0.15) is 0 Å². The first-order valence-corrected chi connectivity index (χ1v) is 11.3. The van der Waals surface area contributed by atoms with E-state index in [1.165, 1.54) is 6.08 Å². The fourth-order valence-corrected chi connectivity index (χ4v) is 4.40. The van der Waals surface area contributed by atoms with Crippen molar-refractivity contribution in [3.63, 3.8) is 0 Å². The standard InChI is InChI=1S/C23H12Br3NO4/c24-16-8-6-13(7-9-16)21-27-19(23(29)31-21)11-15-10-17(25)12-18(26)20(15)30-22(28)14-4-2-1-3-5-14/h1-12H/b19-11-. The van der Waals surface area contributed by atoms with Crippen LogP contribution in [0.1, 0.15) is 21.5 Å². The van der Waals surface area contributed by atoms with E-state index in [4.69, 9.17) is 9.47 Å². The second kappa shape index (κ2) is 9.30. The molecule has 0 aromatic heterocycles. The van der Waals surface area contributed by atoms with Gasteiger partial charge in [-0.2, -0.15) is 0 Å². The van der Waals surface area contributed by atoms with Crippen molar-refractivity contribution in [1.82, 2.24) is 0 Å². The third-order valence-electron chi connectivity index (χ3n) is 4.25. The predicted octanol–water partition coefficient (Wildman–Crippen LogP) is 6.54. The van der Waals surface area contributed by atoms with Crippen molar-refractivity contribution in [3.05, 3.63) is 103 Å². The number of carbonyl (C=O) groups is 2. The lowest BCUT2D eigenvalue weighted by molar-refractivity contribution is -0.129. The third kappa shape index (κ3) is 5.03. The SMILES string of the molecule is O=C1OC(c2ccc(Br)cc2)=N/C1=C\c1cc(Br)cc(Br)c1OC(=O)c1ccccc1. The highest BCUT2D eigenvalue weighted by Crippen LogP contribution is 2.35. The van der Waals surface area contributed by atoms with Crippen LogP contribution in [0.2, 0.25) is 0 Å². The van der Waals surface area contributed by atoms with E-state index in [2.05, 4.69) is 52.8 Å². The molecule has 3 aromatic carbocycles. The molecular formula is C23H12Br3NO4. The fourth-order valence-electron chi connectivity index (χ4n) is 2.79. The smallest absolute Gasteiger partial charge is 0.363 e. The normalized spacial score (nSPS) is 14.4. The number of hydrogen-bond acceptors (Lipinski definition) is 5. The first kappa shape index (κ1) is 21.7. The molecule has 0 radical (unpaired) electrons. The summed E-state index contributed by atoms with van der Waals surface area (Å²) in [6, 6.07) is 19.4. The summed E-state index contributed by atoms with van der Waals surface area (Å²) in [6.45, 7) is 0. The first-order chi connectivity index (χ1) is 14.9. The number of hydrogen-bond donors (Lipinski definition) is 0. The lowest BCUT2D eigenvalue weighted by atomic mass is 10.1. The average Bonchev–Trinajstić information content (AvgIpc) is 3.11. The van der Waals surface area contributed by atoms with E-state index >= 15 is 0 Å². The van der Waals surface area contributed by atoms with E-state index in [0.29, 0.717) is 21.2 Å². The van der Waals surface area contributed by atoms with Crippen LogP contribution in [-0.2, 0) is 9.53 Å². The van der Waals surface area contributed by atoms with Gasteiger partial charge in [-0.3, -0.25) is 0 Å². The first-order valence-electron chi connectivity index (χ1n) is 8.95. The molecule has 0 aliphatic carbocycles. The van der Waals surface area contributed by atoms with Crippen molar-refractivity contribution in [1.29, 1.82) is 0 Å². The molecule has 0 fully saturated rings. The number of esters is 2. The number of cyclic esters (lactones) is 1. The highest BCUT2D eigenvalue weighted by atomic mass is 79.9. The molecule has 1 heterocycles. The quantitative estimate of drug-likeness (QED) is 0.193. The molecule has 0 saturated heterocycles. The van der Waals surface area contributed by atoms with E-state index in [-0.39, 0.29) is 17.3 Å². The van der Waals surface area contributed by atoms with E-state index in [9.17, 15) is 9.59 Å². The molecule has 31 heavy (non-hydrogen) atoms. The van der Waals surface area contributed by atoms with Crippen molar-refractivity contribution < 1.29 is 19.1 Å². The third-order valence-corrected chi connectivity index (χ3v) is 5.82. The van der Waals surface area contributed by atoms with Gasteiger partial charge in [0.2, 0.25) is 5.90 Å². The Morgan fingerprint density at radius 3 is 2.35 bits per heavy atom. The number of ether oxygens (including phenoxy) is 2. The number of carbonyl (C=O) groups excluding carboxylic acids is 2. The van der Waals surface area contributed by atoms with Crippen LogP contribution in [0, 0.1) is 0 Å². The number of aliphatic imine (C=N–C) groups is 1. The number of nitrogens with zero attached hydrogens (tertiary/aromatic N) is 1. The Morgan fingerprint density at radius 1 is 0.935 bits per heavy atom. The minimum atomic E-state index is -0.589. The highest BCUT2D eigenvalue weighted by molar-refractivity contribution is 9.11. The molecule has 154 valence electrons. The number of halogens is 3. The summed E-state index contributed by atoms with van der Waals surface area (Å²) in [4.78, 5) is 29.3. The van der Waals surface area contributed by atoms with Crippen LogP contribution in [0.5, 0.6) is 5.75 Å². The Morgan fingerprint density at radius 2 is 1.65 bits per heavy atom. The van der Waals surface area contributed by atoms with Gasteiger partial charge < -0.3 is 9.47 Å². The summed E-state index contributed by atoms with van der Waals surface area (Å²) in [5, 5.41) is 0. The molecule has 0 amide bonds. The summed E-state index contributed by atoms with van der Waals surface area (Å²) in [5.74, 6) is -0.629. The van der Waals surface area contributed by atoms with Crippen molar-refractivity contribution in [2.24, 2.45) is 4.99 Å². The van der Waals surface area contributed by atoms with Crippen LogP contribution in [0.15, 0.2) is 90.8 Å². The lowest BCUT2D eigenvalue weighted by Gasteiger charge is -2.11. The van der Waals surface area contributed by atoms with Gasteiger partial charge >= 0.3 is 11.9 Å². The average molecular weight is 606 g/mol. The van der Waals surface area contributed by atoms with E-state index in [1.54, 1.807) is 48.5 Å². The fraction of sp³-hybridized carbons (Fsp3) is 0. The molecule has 0 saturated carbocycles. The molecule has 8 heteroatoms. The van der Waals surface area contributed by atoms with Gasteiger partial charge in [0, 0.05) is 20.1 Å². The summed E-state index contributed by atoms with van der Waals surface area (Å²) >= 11 is 10.2. The van der Waals surface area contributed by atoms with Crippen LogP contribution < -0.4 is 4.74 Å². The van der Waals surface area contributed by atoms with E-state index in [0.717, 1.165) is 8.95 Å². The summed E-state index contributed by atoms with van der Waals surface area (Å²) in [7, 11) is 0. The van der Waals surface area contributed by atoms with Crippen LogP contribution in [0.4, 0.5) is 0 Å². The van der Waals surface area contributed by atoms with E-state index in [1.807, 2.05) is 18.2 Å². The maximum atomic E-state index is 12.6. The molecule has 0 atom stereocenters. The molecule has 1 aliphatic rings. The monoisotopic (exact) mass is 603 g/mol. The van der Waals surface area contributed by atoms with Crippen LogP contribution in [0.25, 0.3) is 6.08 Å². The molecular weight excluding hydrogens is 594 g/mol. The summed E-state index contributed by atoms with van der Waals surface area (Å²) < 4.78 is 13.1. The Kier molecular flexibility index (Phi) is 6.50. The van der Waals surface area contributed by atoms with Gasteiger partial charge in [-0.15, -0.1) is 0 Å². The van der Waals surface area contributed by atoms with Gasteiger partial charge in [-0.25, -0.2) is 14.6 Å². The summed E-state index contributed by atoms with van der Waals surface area (Å²) in [5.41, 5.74) is 1.66. The largest absolute Gasteiger partial charge is 0.421 e. The molecule has 3 aromatic rings. The van der Waals surface area contributed by atoms with Gasteiger partial charge in [0.25, 0.3) is 0 Å². The second-order valence-corrected chi connectivity index (χ2v) is 9.09. The minimum absolute atomic E-state index is 0.0972.